The van der Waals surface area contributed by atoms with Crippen molar-refractivity contribution < 1.29 is 33.2 Å². The third kappa shape index (κ3) is 11.1. The maximum absolute atomic E-state index is 8.36. The summed E-state index contributed by atoms with van der Waals surface area (Å²) in [5, 5.41) is 6.89. The van der Waals surface area contributed by atoms with Crippen LogP contribution in [0.25, 0.3) is 0 Å². The standard InChI is InChI=1S/C4H3O.CH2O2.Li/c1-2-4-5-3-1;2-1-3;/h1-3H;1H,(H,2,3);/q-1;;+1. The molecule has 0 aromatic carbocycles. The average Bonchev–Trinajstić information content (AvgIpc) is 2.17. The number of carbonyl (C=O) groups is 1. The minimum Gasteiger partial charge on any atom is -0.599 e. The van der Waals surface area contributed by atoms with Crippen LogP contribution in [0.2, 0.25) is 0 Å². The van der Waals surface area contributed by atoms with Gasteiger partial charge in [0.25, 0.3) is 6.47 Å². The molecule has 0 radical (unpaired) electrons. The first-order chi connectivity index (χ1) is 3.91. The molecule has 0 fully saturated rings. The van der Waals surface area contributed by atoms with Crippen LogP contribution >= 0.6 is 0 Å². The van der Waals surface area contributed by atoms with Gasteiger partial charge in [-0.15, -0.1) is 6.07 Å². The molecule has 0 aliphatic heterocycles. The van der Waals surface area contributed by atoms with Crippen molar-refractivity contribution in [1.82, 2.24) is 0 Å². The summed E-state index contributed by atoms with van der Waals surface area (Å²) in [5.41, 5.74) is 0. The maximum atomic E-state index is 8.36. The zero-order valence-electron chi connectivity index (χ0n) is 5.07. The van der Waals surface area contributed by atoms with Crippen LogP contribution < -0.4 is 18.9 Å². The van der Waals surface area contributed by atoms with Crippen LogP contribution in [0.15, 0.2) is 22.8 Å². The van der Waals surface area contributed by atoms with Gasteiger partial charge in [0.1, 0.15) is 0 Å². The minimum absolute atomic E-state index is 0. The number of hydrogen-bond donors (Lipinski definition) is 1. The maximum Gasteiger partial charge on any atom is 1.00 e. The first-order valence-electron chi connectivity index (χ1n) is 1.89. The van der Waals surface area contributed by atoms with Crippen molar-refractivity contribution in [3.05, 3.63) is 24.7 Å². The molecule has 1 N–H and O–H groups in total. The Bertz CT molecular complexity index is 98.5. The molecule has 44 valence electrons. The smallest absolute Gasteiger partial charge is 0.599 e. The molecule has 0 aliphatic carbocycles. The fraction of sp³-hybridized carbons (Fsp3) is 0. The molecule has 0 bridgehead atoms. The van der Waals surface area contributed by atoms with Crippen LogP contribution in [-0.4, -0.2) is 11.6 Å². The van der Waals surface area contributed by atoms with Crippen molar-refractivity contribution in [2.75, 3.05) is 0 Å². The van der Waals surface area contributed by atoms with E-state index in [1.807, 2.05) is 0 Å². The molecule has 0 aliphatic rings. The monoisotopic (exact) mass is 120 g/mol. The minimum atomic E-state index is -0.250. The Morgan fingerprint density at radius 2 is 2.22 bits per heavy atom. The average molecular weight is 120 g/mol. The van der Waals surface area contributed by atoms with E-state index in [-0.39, 0.29) is 25.3 Å². The van der Waals surface area contributed by atoms with E-state index in [9.17, 15) is 0 Å². The fourth-order valence-electron chi connectivity index (χ4n) is 0.196. The molecule has 1 aromatic rings. The van der Waals surface area contributed by atoms with Gasteiger partial charge >= 0.3 is 18.9 Å². The van der Waals surface area contributed by atoms with Crippen LogP contribution in [0, 0.1) is 6.26 Å². The number of hydrogen-bond acceptors (Lipinski definition) is 2. The first-order valence-corrected chi connectivity index (χ1v) is 1.89. The molecule has 1 rings (SSSR count). The first kappa shape index (κ1) is 11.2. The van der Waals surface area contributed by atoms with E-state index < -0.39 is 0 Å². The Morgan fingerprint density at radius 3 is 2.33 bits per heavy atom. The van der Waals surface area contributed by atoms with Gasteiger partial charge in [-0.2, -0.15) is 6.07 Å². The van der Waals surface area contributed by atoms with Crippen molar-refractivity contribution in [3.8, 4) is 0 Å². The van der Waals surface area contributed by atoms with Crippen molar-refractivity contribution in [1.29, 1.82) is 0 Å². The van der Waals surface area contributed by atoms with E-state index >= 15 is 0 Å². The van der Waals surface area contributed by atoms with Crippen molar-refractivity contribution >= 4 is 6.47 Å². The van der Waals surface area contributed by atoms with Gasteiger partial charge in [-0.3, -0.25) is 4.79 Å². The molecule has 3 nitrogen and oxygen atoms in total. The molecule has 0 amide bonds. The van der Waals surface area contributed by atoms with Crippen LogP contribution in [0.5, 0.6) is 0 Å². The SMILES string of the molecule is O=CO.[Li+].[c-]1ccco1. The summed E-state index contributed by atoms with van der Waals surface area (Å²) in [7, 11) is 0. The van der Waals surface area contributed by atoms with Crippen molar-refractivity contribution in [3.63, 3.8) is 0 Å². The Kier molecular flexibility index (Phi) is 12.9. The number of rotatable bonds is 0. The molecular weight excluding hydrogens is 115 g/mol. The predicted octanol–water partition coefficient (Wildman–Crippen LogP) is -2.22. The van der Waals surface area contributed by atoms with Crippen LogP contribution in [0.1, 0.15) is 0 Å². The second kappa shape index (κ2) is 10.4. The zero-order valence-corrected chi connectivity index (χ0v) is 5.07. The summed E-state index contributed by atoms with van der Waals surface area (Å²) < 4.78 is 4.46. The van der Waals surface area contributed by atoms with Gasteiger partial charge in [-0.25, -0.2) is 0 Å². The van der Waals surface area contributed by atoms with Crippen LogP contribution in [0.4, 0.5) is 0 Å². The van der Waals surface area contributed by atoms with Gasteiger partial charge < -0.3 is 9.52 Å². The summed E-state index contributed by atoms with van der Waals surface area (Å²) in [6.07, 6.45) is 4.06. The zero-order chi connectivity index (χ0) is 6.24. The van der Waals surface area contributed by atoms with E-state index in [2.05, 4.69) is 10.7 Å². The van der Waals surface area contributed by atoms with E-state index in [1.54, 1.807) is 18.4 Å². The molecule has 1 heterocycles. The van der Waals surface area contributed by atoms with E-state index in [4.69, 9.17) is 9.90 Å². The quantitative estimate of drug-likeness (QED) is 0.240. The van der Waals surface area contributed by atoms with Crippen molar-refractivity contribution in [2.45, 2.75) is 0 Å². The summed E-state index contributed by atoms with van der Waals surface area (Å²) in [4.78, 5) is 8.36. The molecule has 0 saturated carbocycles. The second-order valence-electron chi connectivity index (χ2n) is 0.836. The Hall–Kier alpha value is -0.653. The van der Waals surface area contributed by atoms with Gasteiger partial charge in [0.15, 0.2) is 0 Å². The fourth-order valence-corrected chi connectivity index (χ4v) is 0.196. The molecular formula is C5H5LiO3. The summed E-state index contributed by atoms with van der Waals surface area (Å²) in [6, 6.07) is 3.49. The van der Waals surface area contributed by atoms with Crippen molar-refractivity contribution in [2.24, 2.45) is 0 Å². The Labute approximate surface area is 64.8 Å². The van der Waals surface area contributed by atoms with Gasteiger partial charge in [0, 0.05) is 0 Å². The van der Waals surface area contributed by atoms with Gasteiger partial charge in [-0.05, 0) is 6.26 Å². The summed E-state index contributed by atoms with van der Waals surface area (Å²) >= 11 is 0. The second-order valence-corrected chi connectivity index (χ2v) is 0.836. The summed E-state index contributed by atoms with van der Waals surface area (Å²) in [6.45, 7) is -0.250. The molecule has 0 spiro atoms. The van der Waals surface area contributed by atoms with Gasteiger partial charge in [0.05, 0.1) is 0 Å². The normalized spacial score (nSPS) is 5.78. The number of furan rings is 1. The van der Waals surface area contributed by atoms with Crippen LogP contribution in [-0.2, 0) is 4.79 Å². The number of carboxylic acid groups (broad SMARTS) is 1. The van der Waals surface area contributed by atoms with Crippen LogP contribution in [0.3, 0.4) is 0 Å². The molecule has 1 aromatic heterocycles. The molecule has 4 heteroatoms. The van der Waals surface area contributed by atoms with E-state index in [0.717, 1.165) is 0 Å². The largest absolute Gasteiger partial charge is 1.00 e. The van der Waals surface area contributed by atoms with Gasteiger partial charge in [-0.1, -0.05) is 6.26 Å². The Balaban J connectivity index is 0. The topological polar surface area (TPSA) is 50.4 Å². The van der Waals surface area contributed by atoms with E-state index in [1.165, 1.54) is 0 Å². The Morgan fingerprint density at radius 1 is 1.67 bits per heavy atom. The third-order valence-corrected chi connectivity index (χ3v) is 0.379. The molecule has 0 atom stereocenters. The molecule has 0 unspecified atom stereocenters. The summed E-state index contributed by atoms with van der Waals surface area (Å²) in [5.74, 6) is 0. The van der Waals surface area contributed by atoms with Gasteiger partial charge in [0.2, 0.25) is 0 Å². The predicted molar refractivity (Wildman–Crippen MR) is 26.2 cm³/mol. The van der Waals surface area contributed by atoms with E-state index in [0.29, 0.717) is 0 Å². The molecule has 0 saturated heterocycles. The third-order valence-electron chi connectivity index (χ3n) is 0.379. The molecule has 9 heavy (non-hydrogen) atoms.